The molecule has 0 atom stereocenters. The molecule has 0 aliphatic carbocycles. The van der Waals surface area contributed by atoms with Gasteiger partial charge in [-0.25, -0.2) is 19.3 Å². The minimum atomic E-state index is -0.503. The van der Waals surface area contributed by atoms with Crippen molar-refractivity contribution >= 4 is 33.7 Å². The van der Waals surface area contributed by atoms with E-state index in [1.807, 2.05) is 13.8 Å². The predicted molar refractivity (Wildman–Crippen MR) is 95.7 cm³/mol. The third-order valence-corrected chi connectivity index (χ3v) is 4.23. The van der Waals surface area contributed by atoms with Gasteiger partial charge in [0.15, 0.2) is 0 Å². The van der Waals surface area contributed by atoms with Gasteiger partial charge in [0.25, 0.3) is 5.91 Å². The molecule has 2 heterocycles. The van der Waals surface area contributed by atoms with Crippen molar-refractivity contribution in [3.63, 3.8) is 0 Å². The van der Waals surface area contributed by atoms with Crippen LogP contribution in [0, 0.1) is 13.8 Å². The van der Waals surface area contributed by atoms with E-state index in [1.54, 1.807) is 36.4 Å². The zero-order chi connectivity index (χ0) is 17.7. The molecule has 2 aromatic heterocycles. The second kappa shape index (κ2) is 5.27. The zero-order valence-electron chi connectivity index (χ0n) is 13.7. The number of aromatic amines is 1. The second-order valence-corrected chi connectivity index (χ2v) is 5.95. The molecule has 4 rings (SSSR count). The summed E-state index contributed by atoms with van der Waals surface area (Å²) in [5.74, 6) is -0.441. The number of imidazole rings is 1. The van der Waals surface area contributed by atoms with Gasteiger partial charge in [0.1, 0.15) is 0 Å². The molecule has 0 unspecified atom stereocenters. The second-order valence-electron chi connectivity index (χ2n) is 5.95. The van der Waals surface area contributed by atoms with Gasteiger partial charge in [-0.2, -0.15) is 0 Å². The van der Waals surface area contributed by atoms with Gasteiger partial charge < -0.3 is 10.7 Å². The van der Waals surface area contributed by atoms with Crippen LogP contribution in [0.2, 0.25) is 0 Å². The molecule has 0 radical (unpaired) electrons. The topological polar surface area (TPSA) is 107 Å². The first-order valence-electron chi connectivity index (χ1n) is 7.74. The molecule has 0 amide bonds. The highest BCUT2D eigenvalue weighted by molar-refractivity contribution is 6.03. The Bertz CT molecular complexity index is 1220. The van der Waals surface area contributed by atoms with E-state index in [0.29, 0.717) is 33.3 Å². The summed E-state index contributed by atoms with van der Waals surface area (Å²) in [4.78, 5) is 36.7. The number of fused-ring (bicyclic) bond motifs is 2. The van der Waals surface area contributed by atoms with Crippen LogP contribution >= 0.6 is 0 Å². The Balaban J connectivity index is 1.90. The molecule has 7 heteroatoms. The molecule has 0 bridgehead atoms. The number of carbonyl (C=O) groups is 1. The minimum absolute atomic E-state index is 0.357. The number of benzene rings is 2. The molecule has 7 nitrogen and oxygen atoms in total. The summed E-state index contributed by atoms with van der Waals surface area (Å²) >= 11 is 0. The number of rotatable bonds is 1. The molecule has 25 heavy (non-hydrogen) atoms. The molecule has 0 aliphatic heterocycles. The maximum absolute atomic E-state index is 12.9. The Hall–Kier alpha value is -3.48. The standard InChI is InChI=1S/C18H15N5O2/c1-9-10(2)21-15-7-11(3-5-13(15)20-9)17(24)23-16-8-12(19)4-6-14(16)22-18(23)25/h3-8H,19H2,1-2H3,(H,22,25). The van der Waals surface area contributed by atoms with Crippen molar-refractivity contribution in [2.24, 2.45) is 0 Å². The first-order valence-corrected chi connectivity index (χ1v) is 7.74. The number of H-pyrrole nitrogens is 1. The minimum Gasteiger partial charge on any atom is -0.399 e. The highest BCUT2D eigenvalue weighted by Crippen LogP contribution is 2.18. The average molecular weight is 333 g/mol. The van der Waals surface area contributed by atoms with E-state index in [1.165, 1.54) is 0 Å². The number of aryl methyl sites for hydroxylation is 2. The molecule has 0 fully saturated rings. The SMILES string of the molecule is Cc1nc2ccc(C(=O)n3c(=O)[nH]c4ccc(N)cc43)cc2nc1C. The molecule has 0 aliphatic rings. The maximum atomic E-state index is 12.9. The summed E-state index contributed by atoms with van der Waals surface area (Å²) in [7, 11) is 0. The van der Waals surface area contributed by atoms with Crippen molar-refractivity contribution in [3.05, 3.63) is 63.8 Å². The first kappa shape index (κ1) is 15.1. The first-order chi connectivity index (χ1) is 11.9. The molecular weight excluding hydrogens is 318 g/mol. The molecule has 124 valence electrons. The normalized spacial score (nSPS) is 11.3. The van der Waals surface area contributed by atoms with Crippen LogP contribution in [-0.4, -0.2) is 25.4 Å². The van der Waals surface area contributed by atoms with E-state index in [-0.39, 0.29) is 0 Å². The molecule has 4 aromatic rings. The van der Waals surface area contributed by atoms with E-state index in [4.69, 9.17) is 5.73 Å². The van der Waals surface area contributed by atoms with Crippen LogP contribution in [0.1, 0.15) is 21.7 Å². The lowest BCUT2D eigenvalue weighted by molar-refractivity contribution is 0.0961. The van der Waals surface area contributed by atoms with Crippen molar-refractivity contribution in [3.8, 4) is 0 Å². The van der Waals surface area contributed by atoms with Crippen LogP contribution in [0.25, 0.3) is 22.1 Å². The summed E-state index contributed by atoms with van der Waals surface area (Å²) in [6.45, 7) is 3.75. The van der Waals surface area contributed by atoms with Gasteiger partial charge in [0.05, 0.1) is 33.5 Å². The van der Waals surface area contributed by atoms with E-state index < -0.39 is 11.6 Å². The lowest BCUT2D eigenvalue weighted by atomic mass is 10.1. The third kappa shape index (κ3) is 2.37. The monoisotopic (exact) mass is 333 g/mol. The lowest BCUT2D eigenvalue weighted by Gasteiger charge is -2.06. The van der Waals surface area contributed by atoms with E-state index in [9.17, 15) is 9.59 Å². The van der Waals surface area contributed by atoms with Gasteiger partial charge in [-0.05, 0) is 50.2 Å². The van der Waals surface area contributed by atoms with Crippen molar-refractivity contribution in [2.45, 2.75) is 13.8 Å². The number of anilines is 1. The number of nitrogens with two attached hydrogens (primary N) is 1. The Labute approximate surface area is 142 Å². The molecule has 0 spiro atoms. The number of hydrogen-bond acceptors (Lipinski definition) is 5. The summed E-state index contributed by atoms with van der Waals surface area (Å²) in [5.41, 5.74) is 10.1. The predicted octanol–water partition coefficient (Wildman–Crippen LogP) is 2.16. The fourth-order valence-electron chi connectivity index (χ4n) is 2.81. The number of nitrogens with one attached hydrogen (secondary N) is 1. The van der Waals surface area contributed by atoms with Crippen molar-refractivity contribution in [2.75, 3.05) is 5.73 Å². The van der Waals surface area contributed by atoms with Gasteiger partial charge >= 0.3 is 5.69 Å². The van der Waals surface area contributed by atoms with Crippen LogP contribution in [0.15, 0.2) is 41.2 Å². The zero-order valence-corrected chi connectivity index (χ0v) is 13.7. The number of aromatic nitrogens is 4. The third-order valence-electron chi connectivity index (χ3n) is 4.23. The van der Waals surface area contributed by atoms with Gasteiger partial charge in [0.2, 0.25) is 0 Å². The van der Waals surface area contributed by atoms with Gasteiger partial charge in [-0.15, -0.1) is 0 Å². The van der Waals surface area contributed by atoms with Crippen LogP contribution < -0.4 is 11.4 Å². The number of nitrogens with zero attached hydrogens (tertiary/aromatic N) is 3. The summed E-state index contributed by atoms with van der Waals surface area (Å²) in [6, 6.07) is 9.97. The lowest BCUT2D eigenvalue weighted by Crippen LogP contribution is -2.24. The fraction of sp³-hybridized carbons (Fsp3) is 0.111. The Morgan fingerprint density at radius 3 is 2.52 bits per heavy atom. The quantitative estimate of drug-likeness (QED) is 0.519. The maximum Gasteiger partial charge on any atom is 0.333 e. The Morgan fingerprint density at radius 2 is 1.76 bits per heavy atom. The molecular formula is C18H15N5O2. The summed E-state index contributed by atoms with van der Waals surface area (Å²) < 4.78 is 1.08. The summed E-state index contributed by atoms with van der Waals surface area (Å²) in [6.07, 6.45) is 0. The van der Waals surface area contributed by atoms with Gasteiger partial charge in [-0.1, -0.05) is 0 Å². The van der Waals surface area contributed by atoms with Crippen LogP contribution in [-0.2, 0) is 0 Å². The van der Waals surface area contributed by atoms with Crippen molar-refractivity contribution < 1.29 is 4.79 Å². The smallest absolute Gasteiger partial charge is 0.333 e. The van der Waals surface area contributed by atoms with Crippen LogP contribution in [0.4, 0.5) is 5.69 Å². The molecule has 3 N–H and O–H groups in total. The molecule has 0 saturated carbocycles. The van der Waals surface area contributed by atoms with Crippen LogP contribution in [0.3, 0.4) is 0 Å². The molecule has 2 aromatic carbocycles. The number of carbonyl (C=O) groups excluding carboxylic acids is 1. The highest BCUT2D eigenvalue weighted by Gasteiger charge is 2.17. The summed E-state index contributed by atoms with van der Waals surface area (Å²) in [5, 5.41) is 0. The largest absolute Gasteiger partial charge is 0.399 e. The highest BCUT2D eigenvalue weighted by atomic mass is 16.2. The number of nitrogen functional groups attached to an aromatic ring is 1. The Morgan fingerprint density at radius 1 is 1.04 bits per heavy atom. The van der Waals surface area contributed by atoms with E-state index in [0.717, 1.165) is 16.0 Å². The van der Waals surface area contributed by atoms with Gasteiger partial charge in [-0.3, -0.25) is 4.79 Å². The number of hydrogen-bond donors (Lipinski definition) is 2. The van der Waals surface area contributed by atoms with E-state index in [2.05, 4.69) is 15.0 Å². The Kier molecular flexibility index (Phi) is 3.18. The van der Waals surface area contributed by atoms with Gasteiger partial charge in [0, 0.05) is 11.3 Å². The fourth-order valence-corrected chi connectivity index (χ4v) is 2.81. The average Bonchev–Trinajstić information content (AvgIpc) is 2.90. The molecule has 0 saturated heterocycles. The van der Waals surface area contributed by atoms with Crippen molar-refractivity contribution in [1.29, 1.82) is 0 Å². The van der Waals surface area contributed by atoms with E-state index >= 15 is 0 Å². The van der Waals surface area contributed by atoms with Crippen molar-refractivity contribution in [1.82, 2.24) is 19.5 Å². The van der Waals surface area contributed by atoms with Crippen LogP contribution in [0.5, 0.6) is 0 Å².